The Labute approximate surface area is 115 Å². The lowest BCUT2D eigenvalue weighted by molar-refractivity contribution is -0.0521. The molecule has 0 saturated heterocycles. The van der Waals surface area contributed by atoms with Crippen LogP contribution in [-0.4, -0.2) is 26.4 Å². The van der Waals surface area contributed by atoms with Crippen molar-refractivity contribution in [2.24, 2.45) is 0 Å². The third-order valence-corrected chi connectivity index (χ3v) is 2.35. The highest BCUT2D eigenvalue weighted by molar-refractivity contribution is 5.68. The van der Waals surface area contributed by atoms with Gasteiger partial charge in [-0.2, -0.15) is 8.78 Å². The molecule has 1 rings (SSSR count). The average Bonchev–Trinajstić information content (AvgIpc) is 2.38. The molecule has 3 N–H and O–H groups in total. The molecule has 0 aliphatic heterocycles. The van der Waals surface area contributed by atoms with Crippen LogP contribution < -0.4 is 15.8 Å². The predicted molar refractivity (Wildman–Crippen MR) is 71.6 cm³/mol. The second-order valence-corrected chi connectivity index (χ2v) is 3.86. The van der Waals surface area contributed by atoms with E-state index >= 15 is 0 Å². The predicted octanol–water partition coefficient (Wildman–Crippen LogP) is 3.01. The molecular weight excluding hydrogens is 273 g/mol. The van der Waals surface area contributed by atoms with E-state index in [0.717, 1.165) is 18.6 Å². The Morgan fingerprint density at radius 1 is 1.35 bits per heavy atom. The van der Waals surface area contributed by atoms with Crippen molar-refractivity contribution in [2.75, 3.05) is 30.8 Å². The van der Waals surface area contributed by atoms with Crippen molar-refractivity contribution in [2.45, 2.75) is 13.0 Å². The van der Waals surface area contributed by atoms with Crippen LogP contribution in [0.15, 0.2) is 24.8 Å². The number of benzene rings is 1. The van der Waals surface area contributed by atoms with Gasteiger partial charge in [0.15, 0.2) is 11.6 Å². The number of rotatable bonds is 9. The molecule has 0 aromatic heterocycles. The summed E-state index contributed by atoms with van der Waals surface area (Å²) in [5.74, 6) is -1.49. The monoisotopic (exact) mass is 290 g/mol. The summed E-state index contributed by atoms with van der Waals surface area (Å²) in [4.78, 5) is 0. The Morgan fingerprint density at radius 2 is 2.10 bits per heavy atom. The van der Waals surface area contributed by atoms with E-state index in [1.165, 1.54) is 0 Å². The molecule has 112 valence electrons. The molecule has 0 unspecified atom stereocenters. The normalized spacial score (nSPS) is 10.6. The van der Waals surface area contributed by atoms with Crippen molar-refractivity contribution in [3.8, 4) is 5.75 Å². The van der Waals surface area contributed by atoms with Gasteiger partial charge in [0.05, 0.1) is 24.6 Å². The second kappa shape index (κ2) is 8.31. The summed E-state index contributed by atoms with van der Waals surface area (Å²) in [6.07, 6.45) is 2.48. The maximum atomic E-state index is 13.3. The lowest BCUT2D eigenvalue weighted by Gasteiger charge is -2.13. The van der Waals surface area contributed by atoms with E-state index in [1.54, 1.807) is 6.08 Å². The van der Waals surface area contributed by atoms with Crippen LogP contribution in [0.5, 0.6) is 5.75 Å². The Bertz CT molecular complexity index is 442. The molecule has 4 nitrogen and oxygen atoms in total. The topological polar surface area (TPSA) is 56.5 Å². The highest BCUT2D eigenvalue weighted by Gasteiger charge is 2.13. The fraction of sp³-hybridized carbons (Fsp3) is 0.385. The molecule has 0 spiro atoms. The molecule has 0 amide bonds. The highest BCUT2D eigenvalue weighted by atomic mass is 19.3. The molecule has 1 aromatic carbocycles. The summed E-state index contributed by atoms with van der Waals surface area (Å²) in [5, 5.41) is 2.86. The summed E-state index contributed by atoms with van der Waals surface area (Å²) in [6.45, 7) is 1.81. The first-order valence-electron chi connectivity index (χ1n) is 6.01. The Kier molecular flexibility index (Phi) is 6.72. The van der Waals surface area contributed by atoms with Crippen molar-refractivity contribution in [3.63, 3.8) is 0 Å². The third kappa shape index (κ3) is 5.40. The van der Waals surface area contributed by atoms with Gasteiger partial charge in [0, 0.05) is 18.7 Å². The first-order chi connectivity index (χ1) is 9.54. The van der Waals surface area contributed by atoms with E-state index in [1.807, 2.05) is 0 Å². The maximum absolute atomic E-state index is 13.3. The van der Waals surface area contributed by atoms with Crippen LogP contribution in [0.25, 0.3) is 0 Å². The van der Waals surface area contributed by atoms with Crippen LogP contribution in [0.1, 0.15) is 6.42 Å². The second-order valence-electron chi connectivity index (χ2n) is 3.86. The van der Waals surface area contributed by atoms with Gasteiger partial charge in [-0.3, -0.25) is 0 Å². The van der Waals surface area contributed by atoms with Gasteiger partial charge in [-0.05, 0) is 6.42 Å². The van der Waals surface area contributed by atoms with E-state index in [2.05, 4.69) is 16.6 Å². The van der Waals surface area contributed by atoms with E-state index in [9.17, 15) is 13.2 Å². The Balaban J connectivity index is 2.54. The maximum Gasteiger partial charge on any atom is 0.387 e. The lowest BCUT2D eigenvalue weighted by Crippen LogP contribution is -2.12. The van der Waals surface area contributed by atoms with Crippen molar-refractivity contribution in [1.82, 2.24) is 0 Å². The Hall–Kier alpha value is -1.89. The van der Waals surface area contributed by atoms with E-state index in [4.69, 9.17) is 10.5 Å². The van der Waals surface area contributed by atoms with Gasteiger partial charge in [-0.15, -0.1) is 6.58 Å². The molecule has 0 atom stereocenters. The van der Waals surface area contributed by atoms with Crippen LogP contribution in [0.3, 0.4) is 0 Å². The minimum absolute atomic E-state index is 0.107. The number of halogens is 3. The fourth-order valence-corrected chi connectivity index (χ4v) is 1.43. The molecule has 0 aliphatic rings. The van der Waals surface area contributed by atoms with Crippen LogP contribution in [-0.2, 0) is 4.74 Å². The average molecular weight is 290 g/mol. The number of hydrogen-bond acceptors (Lipinski definition) is 4. The van der Waals surface area contributed by atoms with Crippen LogP contribution in [0.2, 0.25) is 0 Å². The molecule has 0 radical (unpaired) electrons. The van der Waals surface area contributed by atoms with E-state index in [0.29, 0.717) is 25.4 Å². The zero-order valence-corrected chi connectivity index (χ0v) is 10.9. The summed E-state index contributed by atoms with van der Waals surface area (Å²) >= 11 is 0. The first kappa shape index (κ1) is 16.2. The number of hydrogen-bond donors (Lipinski definition) is 2. The van der Waals surface area contributed by atoms with Crippen molar-refractivity contribution < 1.29 is 22.6 Å². The summed E-state index contributed by atoms with van der Waals surface area (Å²) in [7, 11) is 0. The van der Waals surface area contributed by atoms with Gasteiger partial charge >= 0.3 is 6.61 Å². The molecular formula is C13H17F3N2O2. The number of anilines is 2. The number of nitrogen functional groups attached to an aromatic ring is 1. The number of ether oxygens (including phenoxy) is 2. The molecule has 0 fully saturated rings. The van der Waals surface area contributed by atoms with Gasteiger partial charge < -0.3 is 20.5 Å². The van der Waals surface area contributed by atoms with Crippen LogP contribution in [0.4, 0.5) is 24.5 Å². The van der Waals surface area contributed by atoms with E-state index < -0.39 is 18.2 Å². The van der Waals surface area contributed by atoms with Gasteiger partial charge in [-0.1, -0.05) is 6.08 Å². The molecule has 20 heavy (non-hydrogen) atoms. The lowest BCUT2D eigenvalue weighted by atomic mass is 10.2. The van der Waals surface area contributed by atoms with Gasteiger partial charge in [0.1, 0.15) is 0 Å². The number of nitrogens with one attached hydrogen (secondary N) is 1. The van der Waals surface area contributed by atoms with Crippen molar-refractivity contribution in [1.29, 1.82) is 0 Å². The summed E-state index contributed by atoms with van der Waals surface area (Å²) < 4.78 is 46.8. The molecule has 0 bridgehead atoms. The van der Waals surface area contributed by atoms with Crippen LogP contribution in [0, 0.1) is 5.82 Å². The molecule has 0 aliphatic carbocycles. The number of alkyl halides is 2. The minimum atomic E-state index is -3.09. The first-order valence-corrected chi connectivity index (χ1v) is 6.01. The van der Waals surface area contributed by atoms with Crippen molar-refractivity contribution in [3.05, 3.63) is 30.6 Å². The van der Waals surface area contributed by atoms with E-state index in [-0.39, 0.29) is 5.69 Å². The fourth-order valence-electron chi connectivity index (χ4n) is 1.43. The molecule has 0 heterocycles. The minimum Gasteiger partial charge on any atom is -0.432 e. The highest BCUT2D eigenvalue weighted by Crippen LogP contribution is 2.29. The standard InChI is InChI=1S/C13H17F3N2O2/c1-2-3-5-19-6-4-18-11-8-12(20-13(15)16)9(14)7-10(11)17/h2,7-8,13,18H,1,3-6,17H2. The molecule has 0 saturated carbocycles. The molecule has 1 aromatic rings. The van der Waals surface area contributed by atoms with Gasteiger partial charge in [0.25, 0.3) is 0 Å². The zero-order chi connectivity index (χ0) is 15.0. The van der Waals surface area contributed by atoms with Gasteiger partial charge in [0.2, 0.25) is 0 Å². The SMILES string of the molecule is C=CCCOCCNc1cc(OC(F)F)c(F)cc1N. The van der Waals surface area contributed by atoms with Crippen molar-refractivity contribution >= 4 is 11.4 Å². The van der Waals surface area contributed by atoms with Gasteiger partial charge in [-0.25, -0.2) is 4.39 Å². The largest absolute Gasteiger partial charge is 0.432 e. The quantitative estimate of drug-likeness (QED) is 0.417. The molecule has 7 heteroatoms. The zero-order valence-electron chi connectivity index (χ0n) is 10.9. The summed E-state index contributed by atoms with van der Waals surface area (Å²) in [5.41, 5.74) is 6.00. The van der Waals surface area contributed by atoms with Crippen LogP contribution >= 0.6 is 0 Å². The number of nitrogens with two attached hydrogens (primary N) is 1. The Morgan fingerprint density at radius 3 is 2.75 bits per heavy atom. The summed E-state index contributed by atoms with van der Waals surface area (Å²) in [6, 6.07) is 2.03. The third-order valence-electron chi connectivity index (χ3n) is 2.35. The smallest absolute Gasteiger partial charge is 0.387 e.